The Bertz CT molecular complexity index is 684. The van der Waals surface area contributed by atoms with Crippen molar-refractivity contribution in [2.75, 3.05) is 24.7 Å². The van der Waals surface area contributed by atoms with Crippen LogP contribution in [0.2, 0.25) is 0 Å². The van der Waals surface area contributed by atoms with Gasteiger partial charge < -0.3 is 10.1 Å². The maximum Gasteiger partial charge on any atom is 0.410 e. The van der Waals surface area contributed by atoms with Gasteiger partial charge >= 0.3 is 6.09 Å². The van der Waals surface area contributed by atoms with E-state index in [2.05, 4.69) is 10.1 Å². The van der Waals surface area contributed by atoms with Crippen molar-refractivity contribution in [2.45, 2.75) is 30.7 Å². The molecule has 1 aromatic carbocycles. The van der Waals surface area contributed by atoms with Crippen molar-refractivity contribution >= 4 is 27.5 Å². The first kappa shape index (κ1) is 17.3. The second-order valence-corrected chi connectivity index (χ2v) is 7.52. The Labute approximate surface area is 135 Å². The third-order valence-corrected chi connectivity index (χ3v) is 5.58. The number of carbonyl (C=O) groups is 2. The number of nitrogens with one attached hydrogen (secondary N) is 1. The quantitative estimate of drug-likeness (QED) is 0.899. The summed E-state index contributed by atoms with van der Waals surface area (Å²) in [4.78, 5) is 25.5. The zero-order valence-electron chi connectivity index (χ0n) is 13.1. The van der Waals surface area contributed by atoms with Crippen LogP contribution in [0.25, 0.3) is 0 Å². The van der Waals surface area contributed by atoms with Gasteiger partial charge in [0.15, 0.2) is 9.84 Å². The van der Waals surface area contributed by atoms with Gasteiger partial charge in [-0.1, -0.05) is 6.92 Å². The summed E-state index contributed by atoms with van der Waals surface area (Å²) in [6, 6.07) is 5.43. The molecule has 1 atom stereocenters. The fourth-order valence-electron chi connectivity index (χ4n) is 2.51. The van der Waals surface area contributed by atoms with E-state index in [9.17, 15) is 18.0 Å². The predicted molar refractivity (Wildman–Crippen MR) is 84.9 cm³/mol. The van der Waals surface area contributed by atoms with Crippen LogP contribution in [0.5, 0.6) is 0 Å². The number of amides is 2. The molecule has 0 aliphatic carbocycles. The van der Waals surface area contributed by atoms with E-state index >= 15 is 0 Å². The van der Waals surface area contributed by atoms with Gasteiger partial charge in [-0.15, -0.1) is 0 Å². The summed E-state index contributed by atoms with van der Waals surface area (Å²) < 4.78 is 28.2. The minimum Gasteiger partial charge on any atom is -0.453 e. The Morgan fingerprint density at radius 2 is 1.96 bits per heavy atom. The maximum atomic E-state index is 12.3. The summed E-state index contributed by atoms with van der Waals surface area (Å²) >= 11 is 0. The first-order valence-electron chi connectivity index (χ1n) is 7.37. The van der Waals surface area contributed by atoms with Crippen LogP contribution in [0.1, 0.15) is 19.8 Å². The molecule has 23 heavy (non-hydrogen) atoms. The molecule has 7 nitrogen and oxygen atoms in total. The van der Waals surface area contributed by atoms with Crippen LogP contribution >= 0.6 is 0 Å². The van der Waals surface area contributed by atoms with E-state index in [4.69, 9.17) is 0 Å². The molecule has 1 aromatic rings. The molecule has 0 unspecified atom stereocenters. The van der Waals surface area contributed by atoms with Crippen LogP contribution in [0.4, 0.5) is 10.5 Å². The maximum absolute atomic E-state index is 12.3. The van der Waals surface area contributed by atoms with Crippen LogP contribution in [0.3, 0.4) is 0 Å². The molecule has 1 aliphatic rings. The fraction of sp³-hybridized carbons (Fsp3) is 0.467. The number of hydrogen-bond donors (Lipinski definition) is 1. The monoisotopic (exact) mass is 340 g/mol. The van der Waals surface area contributed by atoms with E-state index in [0.717, 1.165) is 6.42 Å². The van der Waals surface area contributed by atoms with Crippen molar-refractivity contribution in [3.8, 4) is 0 Å². The highest BCUT2D eigenvalue weighted by atomic mass is 32.2. The Morgan fingerprint density at radius 1 is 1.30 bits per heavy atom. The number of likely N-dealkylation sites (tertiary alicyclic amines) is 1. The minimum atomic E-state index is -3.26. The number of sulfone groups is 1. The van der Waals surface area contributed by atoms with E-state index in [1.54, 1.807) is 6.92 Å². The number of hydrogen-bond acceptors (Lipinski definition) is 5. The van der Waals surface area contributed by atoms with E-state index in [1.807, 2.05) is 0 Å². The highest BCUT2D eigenvalue weighted by Crippen LogP contribution is 2.21. The van der Waals surface area contributed by atoms with Crippen LogP contribution in [-0.2, 0) is 19.4 Å². The molecular weight excluding hydrogens is 320 g/mol. The number of carbonyl (C=O) groups excluding carboxylic acids is 2. The summed E-state index contributed by atoms with van der Waals surface area (Å²) in [5.41, 5.74) is 0.488. The smallest absolute Gasteiger partial charge is 0.410 e. The normalized spacial score (nSPS) is 17.8. The second-order valence-electron chi connectivity index (χ2n) is 5.24. The molecule has 0 spiro atoms. The molecule has 1 saturated heterocycles. The van der Waals surface area contributed by atoms with Gasteiger partial charge in [-0.25, -0.2) is 13.2 Å². The van der Waals surface area contributed by atoms with Crippen LogP contribution < -0.4 is 5.32 Å². The molecule has 0 aromatic heterocycles. The number of methoxy groups -OCH3 is 1. The van der Waals surface area contributed by atoms with Crippen molar-refractivity contribution < 1.29 is 22.7 Å². The third-order valence-electron chi connectivity index (χ3n) is 3.83. The molecule has 1 N–H and O–H groups in total. The lowest BCUT2D eigenvalue weighted by Crippen LogP contribution is -2.43. The second kappa shape index (κ2) is 6.99. The van der Waals surface area contributed by atoms with Gasteiger partial charge in [-0.05, 0) is 37.1 Å². The predicted octanol–water partition coefficient (Wildman–Crippen LogP) is 1.65. The lowest BCUT2D eigenvalue weighted by Gasteiger charge is -2.22. The van der Waals surface area contributed by atoms with Crippen molar-refractivity contribution in [3.63, 3.8) is 0 Å². The summed E-state index contributed by atoms with van der Waals surface area (Å²) in [7, 11) is -1.98. The Hall–Kier alpha value is -2.09. The van der Waals surface area contributed by atoms with E-state index in [0.29, 0.717) is 18.7 Å². The fourth-order valence-corrected chi connectivity index (χ4v) is 3.40. The topological polar surface area (TPSA) is 92.8 Å². The first-order chi connectivity index (χ1) is 10.9. The molecule has 2 amide bonds. The van der Waals surface area contributed by atoms with E-state index < -0.39 is 22.0 Å². The van der Waals surface area contributed by atoms with Gasteiger partial charge in [0.2, 0.25) is 5.91 Å². The van der Waals surface area contributed by atoms with Crippen molar-refractivity contribution in [1.29, 1.82) is 0 Å². The molecule has 8 heteroatoms. The summed E-state index contributed by atoms with van der Waals surface area (Å²) in [5.74, 6) is -0.284. The van der Waals surface area contributed by atoms with E-state index in [1.165, 1.54) is 36.3 Å². The SMILES string of the molecule is CCS(=O)(=O)c1ccc(NC(=O)[C@H]2CCCN2C(=O)OC)cc1. The molecule has 0 bridgehead atoms. The lowest BCUT2D eigenvalue weighted by molar-refractivity contribution is -0.119. The molecule has 1 fully saturated rings. The van der Waals surface area contributed by atoms with Crippen LogP contribution in [-0.4, -0.2) is 50.8 Å². The summed E-state index contributed by atoms with van der Waals surface area (Å²) in [6.45, 7) is 2.06. The van der Waals surface area contributed by atoms with Crippen molar-refractivity contribution in [1.82, 2.24) is 4.90 Å². The van der Waals surface area contributed by atoms with Crippen molar-refractivity contribution in [3.05, 3.63) is 24.3 Å². The van der Waals surface area contributed by atoms with Crippen LogP contribution in [0.15, 0.2) is 29.2 Å². The summed E-state index contributed by atoms with van der Waals surface area (Å²) in [5, 5.41) is 2.71. The largest absolute Gasteiger partial charge is 0.453 e. The number of benzene rings is 1. The zero-order valence-corrected chi connectivity index (χ0v) is 13.9. The Balaban J connectivity index is 2.07. The lowest BCUT2D eigenvalue weighted by atomic mass is 10.2. The molecule has 0 saturated carbocycles. The van der Waals surface area contributed by atoms with Gasteiger partial charge in [0.05, 0.1) is 17.8 Å². The van der Waals surface area contributed by atoms with Gasteiger partial charge in [0.25, 0.3) is 0 Å². The van der Waals surface area contributed by atoms with Gasteiger partial charge in [-0.2, -0.15) is 0 Å². The Kier molecular flexibility index (Phi) is 5.25. The number of anilines is 1. The molecule has 1 aliphatic heterocycles. The van der Waals surface area contributed by atoms with Gasteiger partial charge in [-0.3, -0.25) is 9.69 Å². The molecule has 0 radical (unpaired) electrons. The highest BCUT2D eigenvalue weighted by Gasteiger charge is 2.34. The average Bonchev–Trinajstić information content (AvgIpc) is 3.04. The standard InChI is InChI=1S/C15H20N2O5S/c1-3-23(20,21)12-8-6-11(7-9-12)16-14(18)13-5-4-10-17(13)15(19)22-2/h6-9,13H,3-5,10H2,1-2H3,(H,16,18)/t13-/m1/s1. The van der Waals surface area contributed by atoms with E-state index in [-0.39, 0.29) is 16.6 Å². The first-order valence-corrected chi connectivity index (χ1v) is 9.02. The minimum absolute atomic E-state index is 0.0227. The molecule has 126 valence electrons. The molecule has 1 heterocycles. The average molecular weight is 340 g/mol. The summed E-state index contributed by atoms with van der Waals surface area (Å²) in [6.07, 6.45) is 0.788. The third kappa shape index (κ3) is 3.82. The molecular formula is C15H20N2O5S. The number of rotatable bonds is 4. The van der Waals surface area contributed by atoms with Crippen LogP contribution in [0, 0.1) is 0 Å². The van der Waals surface area contributed by atoms with Crippen molar-refractivity contribution in [2.24, 2.45) is 0 Å². The Morgan fingerprint density at radius 3 is 2.52 bits per heavy atom. The molecule has 2 rings (SSSR count). The number of ether oxygens (including phenoxy) is 1. The van der Waals surface area contributed by atoms with Gasteiger partial charge in [0.1, 0.15) is 6.04 Å². The number of nitrogens with zero attached hydrogens (tertiary/aromatic N) is 1. The van der Waals surface area contributed by atoms with Gasteiger partial charge in [0, 0.05) is 12.2 Å². The highest BCUT2D eigenvalue weighted by molar-refractivity contribution is 7.91. The zero-order chi connectivity index (χ0) is 17.0.